The van der Waals surface area contributed by atoms with Crippen LogP contribution < -0.4 is 10.2 Å². The number of hydrogen-bond donors (Lipinski definition) is 1. The highest BCUT2D eigenvalue weighted by atomic mass is 19.1. The SMILES string of the molecule is O=C(CCc1nc(-c2ccccc2F)no1)Nc1ccc(N2CCCCC2)cc1. The Labute approximate surface area is 168 Å². The van der Waals surface area contributed by atoms with Gasteiger partial charge in [-0.3, -0.25) is 4.79 Å². The molecule has 3 aromatic rings. The number of nitrogens with one attached hydrogen (secondary N) is 1. The van der Waals surface area contributed by atoms with Crippen molar-refractivity contribution in [1.82, 2.24) is 10.1 Å². The van der Waals surface area contributed by atoms with Gasteiger partial charge in [0, 0.05) is 37.3 Å². The Kier molecular flexibility index (Phi) is 5.84. The second-order valence-electron chi connectivity index (χ2n) is 7.13. The molecule has 0 saturated carbocycles. The van der Waals surface area contributed by atoms with E-state index in [-0.39, 0.29) is 23.7 Å². The molecule has 0 bridgehead atoms. The maximum Gasteiger partial charge on any atom is 0.227 e. The van der Waals surface area contributed by atoms with Crippen LogP contribution in [0.5, 0.6) is 0 Å². The van der Waals surface area contributed by atoms with Crippen LogP contribution in [0.25, 0.3) is 11.4 Å². The number of rotatable bonds is 6. The fraction of sp³-hybridized carbons (Fsp3) is 0.318. The van der Waals surface area contributed by atoms with Crippen molar-refractivity contribution in [2.24, 2.45) is 0 Å². The summed E-state index contributed by atoms with van der Waals surface area (Å²) in [5.41, 5.74) is 2.23. The Morgan fingerprint density at radius 3 is 2.59 bits per heavy atom. The molecule has 0 atom stereocenters. The van der Waals surface area contributed by atoms with E-state index in [1.54, 1.807) is 18.2 Å². The van der Waals surface area contributed by atoms with E-state index in [0.717, 1.165) is 18.8 Å². The van der Waals surface area contributed by atoms with E-state index in [1.807, 2.05) is 24.3 Å². The highest BCUT2D eigenvalue weighted by Gasteiger charge is 2.14. The number of carbonyl (C=O) groups excluding carboxylic acids is 1. The predicted octanol–water partition coefficient (Wildman–Crippen LogP) is 4.44. The minimum absolute atomic E-state index is 0.138. The smallest absolute Gasteiger partial charge is 0.227 e. The molecule has 0 spiro atoms. The highest BCUT2D eigenvalue weighted by molar-refractivity contribution is 5.90. The molecule has 29 heavy (non-hydrogen) atoms. The summed E-state index contributed by atoms with van der Waals surface area (Å²) in [5, 5.41) is 6.68. The summed E-state index contributed by atoms with van der Waals surface area (Å²) >= 11 is 0. The van der Waals surface area contributed by atoms with Gasteiger partial charge in [0.25, 0.3) is 0 Å². The van der Waals surface area contributed by atoms with Gasteiger partial charge in [0.05, 0.1) is 5.56 Å². The second kappa shape index (κ2) is 8.86. The van der Waals surface area contributed by atoms with Gasteiger partial charge >= 0.3 is 0 Å². The van der Waals surface area contributed by atoms with E-state index in [1.165, 1.54) is 31.0 Å². The normalized spacial score (nSPS) is 14.0. The summed E-state index contributed by atoms with van der Waals surface area (Å²) < 4.78 is 18.9. The zero-order chi connectivity index (χ0) is 20.1. The third kappa shape index (κ3) is 4.80. The van der Waals surface area contributed by atoms with Crippen molar-refractivity contribution in [3.63, 3.8) is 0 Å². The van der Waals surface area contributed by atoms with Crippen LogP contribution in [-0.2, 0) is 11.2 Å². The van der Waals surface area contributed by atoms with E-state index >= 15 is 0 Å². The van der Waals surface area contributed by atoms with Crippen molar-refractivity contribution in [1.29, 1.82) is 0 Å². The molecule has 7 heteroatoms. The largest absolute Gasteiger partial charge is 0.372 e. The van der Waals surface area contributed by atoms with Crippen LogP contribution in [-0.4, -0.2) is 29.1 Å². The first-order chi connectivity index (χ1) is 14.2. The van der Waals surface area contributed by atoms with E-state index in [0.29, 0.717) is 12.3 Å². The Morgan fingerprint density at radius 2 is 1.83 bits per heavy atom. The van der Waals surface area contributed by atoms with Gasteiger partial charge in [-0.2, -0.15) is 4.98 Å². The lowest BCUT2D eigenvalue weighted by molar-refractivity contribution is -0.116. The molecule has 1 saturated heterocycles. The van der Waals surface area contributed by atoms with Crippen molar-refractivity contribution in [3.05, 3.63) is 60.2 Å². The van der Waals surface area contributed by atoms with E-state index in [2.05, 4.69) is 20.4 Å². The van der Waals surface area contributed by atoms with Crippen molar-refractivity contribution in [2.75, 3.05) is 23.3 Å². The highest BCUT2D eigenvalue weighted by Crippen LogP contribution is 2.22. The summed E-state index contributed by atoms with van der Waals surface area (Å²) in [6.07, 6.45) is 4.25. The number of anilines is 2. The van der Waals surface area contributed by atoms with Gasteiger partial charge in [-0.25, -0.2) is 4.39 Å². The minimum atomic E-state index is -0.411. The molecular formula is C22H23FN4O2. The fourth-order valence-corrected chi connectivity index (χ4v) is 3.46. The molecule has 1 fully saturated rings. The predicted molar refractivity (Wildman–Crippen MR) is 109 cm³/mol. The first kappa shape index (κ1) is 19.1. The van der Waals surface area contributed by atoms with Crippen LogP contribution in [0, 0.1) is 5.82 Å². The standard InChI is InChI=1S/C22H23FN4O2/c23-19-7-3-2-6-18(19)22-25-21(29-26-22)13-12-20(28)24-16-8-10-17(11-9-16)27-14-4-1-5-15-27/h2-3,6-11H,1,4-5,12-15H2,(H,24,28). The van der Waals surface area contributed by atoms with Crippen molar-refractivity contribution < 1.29 is 13.7 Å². The molecule has 2 heterocycles. The number of halogens is 1. The molecule has 2 aromatic carbocycles. The molecular weight excluding hydrogens is 371 g/mol. The third-order valence-corrected chi connectivity index (χ3v) is 5.02. The van der Waals surface area contributed by atoms with Crippen LogP contribution in [0.2, 0.25) is 0 Å². The van der Waals surface area contributed by atoms with Crippen LogP contribution in [0.1, 0.15) is 31.6 Å². The van der Waals surface area contributed by atoms with Crippen LogP contribution in [0.3, 0.4) is 0 Å². The number of aryl methyl sites for hydroxylation is 1. The van der Waals surface area contributed by atoms with Gasteiger partial charge in [0.1, 0.15) is 5.82 Å². The Bertz CT molecular complexity index is 965. The van der Waals surface area contributed by atoms with Crippen LogP contribution in [0.4, 0.5) is 15.8 Å². The molecule has 0 aliphatic carbocycles. The quantitative estimate of drug-likeness (QED) is 0.669. The molecule has 6 nitrogen and oxygen atoms in total. The number of hydrogen-bond acceptors (Lipinski definition) is 5. The summed E-state index contributed by atoms with van der Waals surface area (Å²) in [6, 6.07) is 14.2. The van der Waals surface area contributed by atoms with Gasteiger partial charge in [-0.05, 0) is 55.7 Å². The number of piperidine rings is 1. The Balaban J connectivity index is 1.30. The number of benzene rings is 2. The first-order valence-electron chi connectivity index (χ1n) is 9.91. The molecule has 1 aliphatic heterocycles. The zero-order valence-electron chi connectivity index (χ0n) is 16.1. The van der Waals surface area contributed by atoms with Gasteiger partial charge in [0.2, 0.25) is 17.6 Å². The Morgan fingerprint density at radius 1 is 1.07 bits per heavy atom. The lowest BCUT2D eigenvalue weighted by Crippen LogP contribution is -2.29. The van der Waals surface area contributed by atoms with Crippen molar-refractivity contribution in [3.8, 4) is 11.4 Å². The van der Waals surface area contributed by atoms with Gasteiger partial charge in [-0.15, -0.1) is 0 Å². The summed E-state index contributed by atoms with van der Waals surface area (Å²) in [7, 11) is 0. The minimum Gasteiger partial charge on any atom is -0.372 e. The number of nitrogens with zero attached hydrogens (tertiary/aromatic N) is 3. The van der Waals surface area contributed by atoms with Crippen LogP contribution in [0.15, 0.2) is 53.1 Å². The summed E-state index contributed by atoms with van der Waals surface area (Å²) in [6.45, 7) is 2.18. The van der Waals surface area contributed by atoms with E-state index < -0.39 is 5.82 Å². The van der Waals surface area contributed by atoms with Gasteiger partial charge < -0.3 is 14.7 Å². The maximum atomic E-state index is 13.8. The number of aromatic nitrogens is 2. The summed E-state index contributed by atoms with van der Waals surface area (Å²) in [5.74, 6) is -0.0578. The Hall–Kier alpha value is -3.22. The molecule has 1 amide bonds. The molecule has 150 valence electrons. The molecule has 1 aliphatic rings. The van der Waals surface area contributed by atoms with Crippen molar-refractivity contribution in [2.45, 2.75) is 32.1 Å². The van der Waals surface area contributed by atoms with Crippen LogP contribution >= 0.6 is 0 Å². The lowest BCUT2D eigenvalue weighted by Gasteiger charge is -2.28. The number of amides is 1. The fourth-order valence-electron chi connectivity index (χ4n) is 3.46. The zero-order valence-corrected chi connectivity index (χ0v) is 16.1. The van der Waals surface area contributed by atoms with Gasteiger partial charge in [-0.1, -0.05) is 17.3 Å². The monoisotopic (exact) mass is 394 g/mol. The lowest BCUT2D eigenvalue weighted by atomic mass is 10.1. The number of carbonyl (C=O) groups is 1. The first-order valence-corrected chi connectivity index (χ1v) is 9.91. The van der Waals surface area contributed by atoms with Crippen molar-refractivity contribution >= 4 is 17.3 Å². The third-order valence-electron chi connectivity index (χ3n) is 5.02. The molecule has 4 rings (SSSR count). The molecule has 0 radical (unpaired) electrons. The average Bonchev–Trinajstić information content (AvgIpc) is 3.23. The molecule has 1 aromatic heterocycles. The van der Waals surface area contributed by atoms with E-state index in [9.17, 15) is 9.18 Å². The van der Waals surface area contributed by atoms with Gasteiger partial charge in [0.15, 0.2) is 0 Å². The van der Waals surface area contributed by atoms with E-state index in [4.69, 9.17) is 4.52 Å². The molecule has 1 N–H and O–H groups in total. The summed E-state index contributed by atoms with van der Waals surface area (Å²) in [4.78, 5) is 18.8. The average molecular weight is 394 g/mol. The maximum absolute atomic E-state index is 13.8. The molecule has 0 unspecified atom stereocenters. The second-order valence-corrected chi connectivity index (χ2v) is 7.13. The topological polar surface area (TPSA) is 71.3 Å².